The van der Waals surface area contributed by atoms with Crippen molar-refractivity contribution in [1.29, 1.82) is 0 Å². The maximum atomic E-state index is 12.9. The number of rotatable bonds is 5. The molecule has 0 radical (unpaired) electrons. The van der Waals surface area contributed by atoms with E-state index in [0.29, 0.717) is 11.3 Å². The van der Waals surface area contributed by atoms with Gasteiger partial charge < -0.3 is 4.74 Å². The Kier molecular flexibility index (Phi) is 5.21. The Morgan fingerprint density at radius 1 is 0.774 bits per heavy atom. The molecule has 4 rings (SSSR count). The van der Waals surface area contributed by atoms with Crippen LogP contribution in [0, 0.1) is 13.8 Å². The summed E-state index contributed by atoms with van der Waals surface area (Å²) in [5.74, 6) is -2.01. The number of hydrogen-bond acceptors (Lipinski definition) is 5. The van der Waals surface area contributed by atoms with Crippen molar-refractivity contribution in [3.8, 4) is 0 Å². The third-order valence-corrected chi connectivity index (χ3v) is 5.09. The van der Waals surface area contributed by atoms with E-state index in [2.05, 4.69) is 0 Å². The number of nitrogens with zero attached hydrogens (tertiary/aromatic N) is 1. The number of amides is 2. The predicted octanol–water partition coefficient (Wildman–Crippen LogP) is 4.14. The standard InChI is InChI=1S/C25H19NO5/c1-15-6-8-17(9-7-15)22(27)14-31-25(30)18-10-11-20-21(13-18)24(29)26(23(20)28)19-5-3-4-16(2)12-19/h3-13H,14H2,1-2H3. The molecule has 31 heavy (non-hydrogen) atoms. The average Bonchev–Trinajstić information content (AvgIpc) is 3.02. The van der Waals surface area contributed by atoms with Gasteiger partial charge in [-0.1, -0.05) is 42.0 Å². The zero-order valence-electron chi connectivity index (χ0n) is 17.0. The fourth-order valence-corrected chi connectivity index (χ4v) is 3.41. The van der Waals surface area contributed by atoms with E-state index >= 15 is 0 Å². The van der Waals surface area contributed by atoms with Crippen molar-refractivity contribution in [2.45, 2.75) is 13.8 Å². The van der Waals surface area contributed by atoms with Gasteiger partial charge in [0.1, 0.15) is 0 Å². The van der Waals surface area contributed by atoms with Crippen LogP contribution < -0.4 is 4.90 Å². The molecule has 6 nitrogen and oxygen atoms in total. The highest BCUT2D eigenvalue weighted by Crippen LogP contribution is 2.29. The van der Waals surface area contributed by atoms with Gasteiger partial charge in [-0.25, -0.2) is 9.69 Å². The summed E-state index contributed by atoms with van der Waals surface area (Å²) in [5.41, 5.74) is 3.30. The molecule has 0 unspecified atom stereocenters. The van der Waals surface area contributed by atoms with E-state index in [1.807, 2.05) is 19.9 Å². The van der Waals surface area contributed by atoms with Crippen LogP contribution in [-0.4, -0.2) is 30.2 Å². The first kappa shape index (κ1) is 20.2. The first-order valence-corrected chi connectivity index (χ1v) is 9.71. The summed E-state index contributed by atoms with van der Waals surface area (Å²) >= 11 is 0. The smallest absolute Gasteiger partial charge is 0.338 e. The lowest BCUT2D eigenvalue weighted by Crippen LogP contribution is -2.29. The zero-order chi connectivity index (χ0) is 22.1. The highest BCUT2D eigenvalue weighted by atomic mass is 16.5. The molecule has 2 amide bonds. The van der Waals surface area contributed by atoms with Gasteiger partial charge in [-0.15, -0.1) is 0 Å². The number of anilines is 1. The fraction of sp³-hybridized carbons (Fsp3) is 0.120. The van der Waals surface area contributed by atoms with Crippen LogP contribution in [0.15, 0.2) is 66.7 Å². The molecule has 0 aromatic heterocycles. The number of Topliss-reactive ketones (excluding diaryl/α,β-unsaturated/α-hetero) is 1. The van der Waals surface area contributed by atoms with Gasteiger partial charge in [-0.05, 0) is 49.7 Å². The molecule has 0 saturated carbocycles. The molecule has 6 heteroatoms. The van der Waals surface area contributed by atoms with Crippen molar-refractivity contribution in [1.82, 2.24) is 0 Å². The first-order chi connectivity index (χ1) is 14.8. The maximum absolute atomic E-state index is 12.9. The number of aryl methyl sites for hydroxylation is 2. The Bertz CT molecular complexity index is 1230. The Morgan fingerprint density at radius 3 is 2.16 bits per heavy atom. The van der Waals surface area contributed by atoms with Gasteiger partial charge in [0.05, 0.1) is 22.4 Å². The predicted molar refractivity (Wildman–Crippen MR) is 115 cm³/mol. The largest absolute Gasteiger partial charge is 0.454 e. The van der Waals surface area contributed by atoms with Gasteiger partial charge in [-0.3, -0.25) is 14.4 Å². The minimum absolute atomic E-state index is 0.0997. The maximum Gasteiger partial charge on any atom is 0.338 e. The monoisotopic (exact) mass is 413 g/mol. The van der Waals surface area contributed by atoms with E-state index < -0.39 is 24.4 Å². The van der Waals surface area contributed by atoms with Crippen LogP contribution in [0.3, 0.4) is 0 Å². The number of benzene rings is 3. The van der Waals surface area contributed by atoms with E-state index in [-0.39, 0.29) is 22.5 Å². The molecule has 3 aromatic rings. The SMILES string of the molecule is Cc1ccc(C(=O)COC(=O)c2ccc3c(c2)C(=O)N(c2cccc(C)c2)C3=O)cc1. The van der Waals surface area contributed by atoms with Crippen molar-refractivity contribution in [2.75, 3.05) is 11.5 Å². The van der Waals surface area contributed by atoms with Crippen LogP contribution in [0.4, 0.5) is 5.69 Å². The number of esters is 1. The van der Waals surface area contributed by atoms with Crippen LogP contribution in [-0.2, 0) is 4.74 Å². The highest BCUT2D eigenvalue weighted by molar-refractivity contribution is 6.34. The minimum atomic E-state index is -0.738. The Labute approximate surface area is 179 Å². The number of ether oxygens (including phenoxy) is 1. The number of imide groups is 1. The summed E-state index contributed by atoms with van der Waals surface area (Å²) in [6.45, 7) is 3.36. The van der Waals surface area contributed by atoms with Crippen molar-refractivity contribution in [3.05, 3.63) is 100 Å². The summed E-state index contributed by atoms with van der Waals surface area (Å²) in [4.78, 5) is 51.4. The van der Waals surface area contributed by atoms with Gasteiger partial charge in [0.15, 0.2) is 12.4 Å². The van der Waals surface area contributed by atoms with Gasteiger partial charge in [0.25, 0.3) is 11.8 Å². The fourth-order valence-electron chi connectivity index (χ4n) is 3.41. The molecular formula is C25H19NO5. The quantitative estimate of drug-likeness (QED) is 0.357. The van der Waals surface area contributed by atoms with Crippen LogP contribution in [0.1, 0.15) is 52.6 Å². The van der Waals surface area contributed by atoms with Crippen LogP contribution in [0.25, 0.3) is 0 Å². The molecule has 0 N–H and O–H groups in total. The van der Waals surface area contributed by atoms with Gasteiger partial charge in [0.2, 0.25) is 0 Å². The number of carbonyl (C=O) groups excluding carboxylic acids is 4. The number of carbonyl (C=O) groups is 4. The van der Waals surface area contributed by atoms with Gasteiger partial charge >= 0.3 is 5.97 Å². The van der Waals surface area contributed by atoms with Crippen molar-refractivity contribution in [2.24, 2.45) is 0 Å². The van der Waals surface area contributed by atoms with E-state index in [4.69, 9.17) is 4.74 Å². The average molecular weight is 413 g/mol. The molecular weight excluding hydrogens is 394 g/mol. The lowest BCUT2D eigenvalue weighted by atomic mass is 10.1. The number of fused-ring (bicyclic) bond motifs is 1. The Hall–Kier alpha value is -4.06. The molecule has 0 fully saturated rings. The van der Waals surface area contributed by atoms with Crippen LogP contribution in [0.2, 0.25) is 0 Å². The normalized spacial score (nSPS) is 12.6. The van der Waals surface area contributed by atoms with E-state index in [1.54, 1.807) is 42.5 Å². The second-order valence-electron chi connectivity index (χ2n) is 7.41. The van der Waals surface area contributed by atoms with E-state index in [0.717, 1.165) is 16.0 Å². The molecule has 154 valence electrons. The summed E-state index contributed by atoms with van der Waals surface area (Å²) < 4.78 is 5.13. The Balaban J connectivity index is 1.51. The van der Waals surface area contributed by atoms with Crippen LogP contribution in [0.5, 0.6) is 0 Å². The first-order valence-electron chi connectivity index (χ1n) is 9.71. The molecule has 0 bridgehead atoms. The Morgan fingerprint density at radius 2 is 1.45 bits per heavy atom. The third-order valence-electron chi connectivity index (χ3n) is 5.09. The third kappa shape index (κ3) is 3.88. The minimum Gasteiger partial charge on any atom is -0.454 e. The summed E-state index contributed by atoms with van der Waals surface area (Å²) in [6, 6.07) is 18.2. The van der Waals surface area contributed by atoms with Gasteiger partial charge in [-0.2, -0.15) is 0 Å². The van der Waals surface area contributed by atoms with Gasteiger partial charge in [0, 0.05) is 5.56 Å². The molecule has 1 heterocycles. The molecule has 3 aromatic carbocycles. The summed E-state index contributed by atoms with van der Waals surface area (Å²) in [5, 5.41) is 0. The molecule has 0 atom stereocenters. The molecule has 0 aliphatic carbocycles. The van der Waals surface area contributed by atoms with Crippen molar-refractivity contribution >= 4 is 29.3 Å². The van der Waals surface area contributed by atoms with Crippen molar-refractivity contribution < 1.29 is 23.9 Å². The van der Waals surface area contributed by atoms with Crippen molar-refractivity contribution in [3.63, 3.8) is 0 Å². The van der Waals surface area contributed by atoms with E-state index in [1.165, 1.54) is 18.2 Å². The number of hydrogen-bond donors (Lipinski definition) is 0. The number of ketones is 1. The van der Waals surface area contributed by atoms with E-state index in [9.17, 15) is 19.2 Å². The highest BCUT2D eigenvalue weighted by Gasteiger charge is 2.37. The summed E-state index contributed by atoms with van der Waals surface area (Å²) in [6.07, 6.45) is 0. The zero-order valence-corrected chi connectivity index (χ0v) is 17.0. The second kappa shape index (κ2) is 7.99. The molecule has 1 aliphatic rings. The summed E-state index contributed by atoms with van der Waals surface area (Å²) in [7, 11) is 0. The second-order valence-corrected chi connectivity index (χ2v) is 7.41. The topological polar surface area (TPSA) is 80.8 Å². The molecule has 0 saturated heterocycles. The van der Waals surface area contributed by atoms with Crippen LogP contribution >= 0.6 is 0 Å². The molecule has 0 spiro atoms. The molecule has 1 aliphatic heterocycles. The lowest BCUT2D eigenvalue weighted by molar-refractivity contribution is 0.0474. The lowest BCUT2D eigenvalue weighted by Gasteiger charge is -2.14.